The Morgan fingerprint density at radius 1 is 1.11 bits per heavy atom. The highest BCUT2D eigenvalue weighted by Gasteiger charge is 2.23. The number of thiophene rings is 1. The molecule has 44 heavy (non-hydrogen) atoms. The molecule has 1 aliphatic carbocycles. The lowest BCUT2D eigenvalue weighted by atomic mass is 9.93. The minimum atomic E-state index is -0.555. The number of esters is 1. The van der Waals surface area contributed by atoms with E-state index in [0.717, 1.165) is 55.4 Å². The van der Waals surface area contributed by atoms with Crippen LogP contribution < -0.4 is 10.1 Å². The summed E-state index contributed by atoms with van der Waals surface area (Å²) in [6, 6.07) is 18.2. The maximum atomic E-state index is 12.9. The molecule has 4 aromatic rings. The van der Waals surface area contributed by atoms with Crippen LogP contribution in [-0.4, -0.2) is 40.9 Å². The first kappa shape index (κ1) is 31.5. The lowest BCUT2D eigenvalue weighted by Gasteiger charge is -2.19. The Hall–Kier alpha value is -3.88. The van der Waals surface area contributed by atoms with Gasteiger partial charge in [-0.15, -0.1) is 11.3 Å². The van der Waals surface area contributed by atoms with Gasteiger partial charge in [-0.1, -0.05) is 42.8 Å². The van der Waals surface area contributed by atoms with Crippen molar-refractivity contribution in [3.63, 3.8) is 0 Å². The quantitative estimate of drug-likeness (QED) is 0.188. The third-order valence-corrected chi connectivity index (χ3v) is 8.86. The molecular weight excluding hydrogens is 594 g/mol. The number of fused-ring (bicyclic) bond motifs is 1. The molecule has 9 heteroatoms. The summed E-state index contributed by atoms with van der Waals surface area (Å²) >= 11 is 7.88. The smallest absolute Gasteiger partial charge is 0.308 e. The van der Waals surface area contributed by atoms with Gasteiger partial charge in [-0.3, -0.25) is 14.3 Å². The molecule has 0 bridgehead atoms. The molecule has 0 saturated heterocycles. The first-order valence-electron chi connectivity index (χ1n) is 14.8. The maximum Gasteiger partial charge on any atom is 0.308 e. The fourth-order valence-electron chi connectivity index (χ4n) is 5.28. The van der Waals surface area contributed by atoms with Crippen LogP contribution in [0.4, 0.5) is 0 Å². The predicted octanol–water partition coefficient (Wildman–Crippen LogP) is 8.39. The molecule has 0 saturated carbocycles. The molecule has 2 aromatic carbocycles. The number of allylic oxidation sites excluding steroid dienone is 4. The highest BCUT2D eigenvalue weighted by molar-refractivity contribution is 7.14. The second-order valence-corrected chi connectivity index (χ2v) is 13.7. The molecule has 1 aliphatic rings. The largest absolute Gasteiger partial charge is 0.497 e. The van der Waals surface area contributed by atoms with Crippen LogP contribution in [0, 0.1) is 5.92 Å². The Balaban J connectivity index is 1.43. The summed E-state index contributed by atoms with van der Waals surface area (Å²) in [5.41, 5.74) is 3.44. The number of hydrogen-bond donors (Lipinski definition) is 1. The summed E-state index contributed by atoms with van der Waals surface area (Å²) in [6.45, 7) is 9.92. The van der Waals surface area contributed by atoms with Gasteiger partial charge in [0.1, 0.15) is 11.4 Å². The fraction of sp³-hybridized carbons (Fsp3) is 0.343. The first-order valence-corrected chi connectivity index (χ1v) is 16.0. The SMILES string of the molecule is COc1ccc2cc(-c3cc(C4=CC(Cl)=CC(C)C4)nn3C(C)c3ccc(C(=O)NCCC(=O)OC(C)(C)C)s3)ccc2c1. The Bertz CT molecular complexity index is 1760. The van der Waals surface area contributed by atoms with Crippen LogP contribution in [0.5, 0.6) is 5.75 Å². The van der Waals surface area contributed by atoms with Crippen molar-refractivity contribution in [3.8, 4) is 17.0 Å². The van der Waals surface area contributed by atoms with Crippen LogP contribution in [0.15, 0.2) is 71.8 Å². The Labute approximate surface area is 267 Å². The minimum absolute atomic E-state index is 0.114. The highest BCUT2D eigenvalue weighted by Crippen LogP contribution is 2.37. The van der Waals surface area contributed by atoms with E-state index in [9.17, 15) is 9.59 Å². The minimum Gasteiger partial charge on any atom is -0.497 e. The summed E-state index contributed by atoms with van der Waals surface area (Å²) in [5, 5.41) is 10.9. The van der Waals surface area contributed by atoms with Crippen LogP contribution in [0.1, 0.15) is 73.7 Å². The zero-order valence-electron chi connectivity index (χ0n) is 25.9. The molecule has 0 spiro atoms. The fourth-order valence-corrected chi connectivity index (χ4v) is 6.59. The molecule has 0 radical (unpaired) electrons. The molecule has 5 rings (SSSR count). The number of hydrogen-bond acceptors (Lipinski definition) is 6. The second-order valence-electron chi connectivity index (χ2n) is 12.2. The summed E-state index contributed by atoms with van der Waals surface area (Å²) < 4.78 is 12.8. The van der Waals surface area contributed by atoms with Crippen molar-refractivity contribution in [2.24, 2.45) is 5.92 Å². The summed E-state index contributed by atoms with van der Waals surface area (Å²) in [5.74, 6) is 0.577. The van der Waals surface area contributed by atoms with Gasteiger partial charge in [0.25, 0.3) is 5.91 Å². The number of methoxy groups -OCH3 is 1. The monoisotopic (exact) mass is 631 g/mol. The number of benzene rings is 2. The Morgan fingerprint density at radius 2 is 1.86 bits per heavy atom. The molecule has 2 atom stereocenters. The molecule has 0 aliphatic heterocycles. The molecule has 1 amide bonds. The molecule has 2 aromatic heterocycles. The third-order valence-electron chi connectivity index (χ3n) is 7.37. The predicted molar refractivity (Wildman–Crippen MR) is 178 cm³/mol. The van der Waals surface area contributed by atoms with E-state index in [0.29, 0.717) is 10.8 Å². The van der Waals surface area contributed by atoms with E-state index in [1.807, 2.05) is 55.8 Å². The third kappa shape index (κ3) is 7.42. The zero-order chi connectivity index (χ0) is 31.6. The molecular formula is C35H38ClN3O4S. The van der Waals surface area contributed by atoms with Crippen molar-refractivity contribution >= 4 is 51.2 Å². The van der Waals surface area contributed by atoms with Crippen LogP contribution in [0.2, 0.25) is 0 Å². The molecule has 1 N–H and O–H groups in total. The van der Waals surface area contributed by atoms with Gasteiger partial charge in [0, 0.05) is 22.0 Å². The van der Waals surface area contributed by atoms with Gasteiger partial charge in [-0.05, 0) is 98.9 Å². The summed E-state index contributed by atoms with van der Waals surface area (Å²) in [4.78, 5) is 26.5. The van der Waals surface area contributed by atoms with E-state index in [-0.39, 0.29) is 30.9 Å². The molecule has 7 nitrogen and oxygen atoms in total. The van der Waals surface area contributed by atoms with Crippen LogP contribution in [-0.2, 0) is 9.53 Å². The van der Waals surface area contributed by atoms with Crippen LogP contribution in [0.25, 0.3) is 27.6 Å². The first-order chi connectivity index (χ1) is 20.9. The molecule has 2 heterocycles. The van der Waals surface area contributed by atoms with Crippen molar-refractivity contribution < 1.29 is 19.1 Å². The number of amides is 1. The topological polar surface area (TPSA) is 82.5 Å². The zero-order valence-corrected chi connectivity index (χ0v) is 27.5. The van der Waals surface area contributed by atoms with Gasteiger partial charge in [-0.25, -0.2) is 0 Å². The number of nitrogens with one attached hydrogen (secondary N) is 1. The second kappa shape index (κ2) is 13.0. The van der Waals surface area contributed by atoms with Crippen LogP contribution >= 0.6 is 22.9 Å². The normalized spacial score (nSPS) is 15.8. The number of carbonyl (C=O) groups excluding carboxylic acids is 2. The summed E-state index contributed by atoms with van der Waals surface area (Å²) in [6.07, 6.45) is 5.03. The number of aromatic nitrogens is 2. The van der Waals surface area contributed by atoms with Crippen molar-refractivity contribution in [2.45, 2.75) is 59.1 Å². The van der Waals surface area contributed by atoms with E-state index in [1.165, 1.54) is 11.3 Å². The standard InChI is InChI=1S/C35H38ClN3O4S/c1-21-15-26(18-27(36)16-21)29-20-30(25-8-7-24-19-28(42-6)10-9-23(24)17-25)39(38-29)22(2)31-11-12-32(44-31)34(41)37-14-13-33(40)43-35(3,4)5/h7-12,16-22H,13-15H2,1-6H3,(H,37,41). The Morgan fingerprint density at radius 3 is 2.59 bits per heavy atom. The lowest BCUT2D eigenvalue weighted by molar-refractivity contribution is -0.154. The number of nitrogens with zero attached hydrogens (tertiary/aromatic N) is 2. The van der Waals surface area contributed by atoms with Gasteiger partial charge >= 0.3 is 5.97 Å². The van der Waals surface area contributed by atoms with Crippen molar-refractivity contribution in [1.82, 2.24) is 15.1 Å². The van der Waals surface area contributed by atoms with Crippen molar-refractivity contribution in [2.75, 3.05) is 13.7 Å². The van der Waals surface area contributed by atoms with E-state index in [2.05, 4.69) is 55.6 Å². The van der Waals surface area contributed by atoms with Gasteiger partial charge in [0.05, 0.1) is 35.8 Å². The van der Waals surface area contributed by atoms with E-state index in [1.54, 1.807) is 7.11 Å². The molecule has 2 unspecified atom stereocenters. The van der Waals surface area contributed by atoms with Gasteiger partial charge in [0.2, 0.25) is 0 Å². The average molecular weight is 632 g/mol. The average Bonchev–Trinajstić information content (AvgIpc) is 3.63. The molecule has 230 valence electrons. The Kier molecular flexibility index (Phi) is 9.32. The van der Waals surface area contributed by atoms with Crippen molar-refractivity contribution in [3.05, 3.63) is 87.2 Å². The van der Waals surface area contributed by atoms with Crippen LogP contribution in [0.3, 0.4) is 0 Å². The lowest BCUT2D eigenvalue weighted by Crippen LogP contribution is -2.29. The van der Waals surface area contributed by atoms with Gasteiger partial charge in [-0.2, -0.15) is 5.10 Å². The van der Waals surface area contributed by atoms with E-state index < -0.39 is 5.60 Å². The summed E-state index contributed by atoms with van der Waals surface area (Å²) in [7, 11) is 1.67. The van der Waals surface area contributed by atoms with E-state index >= 15 is 0 Å². The van der Waals surface area contributed by atoms with Gasteiger partial charge in [0.15, 0.2) is 0 Å². The van der Waals surface area contributed by atoms with E-state index in [4.69, 9.17) is 26.2 Å². The van der Waals surface area contributed by atoms with Gasteiger partial charge < -0.3 is 14.8 Å². The highest BCUT2D eigenvalue weighted by atomic mass is 35.5. The van der Waals surface area contributed by atoms with Crippen molar-refractivity contribution in [1.29, 1.82) is 0 Å². The maximum absolute atomic E-state index is 12.9. The number of carbonyl (C=O) groups is 2. The number of halogens is 1. The molecule has 0 fully saturated rings. The number of rotatable bonds is 9. The number of ether oxygens (including phenoxy) is 2.